The number of furan rings is 1. The van der Waals surface area contributed by atoms with E-state index in [4.69, 9.17) is 4.42 Å². The minimum Gasteiger partial charge on any atom is -0.451 e. The molecule has 0 aliphatic carbocycles. The van der Waals surface area contributed by atoms with Gasteiger partial charge in [-0.15, -0.1) is 0 Å². The Balaban J connectivity index is 2.27. The van der Waals surface area contributed by atoms with Crippen molar-refractivity contribution in [1.29, 1.82) is 0 Å². The van der Waals surface area contributed by atoms with Crippen LogP contribution >= 0.6 is 31.9 Å². The van der Waals surface area contributed by atoms with Crippen LogP contribution in [-0.2, 0) is 16.6 Å². The maximum atomic E-state index is 12.4. The normalized spacial score (nSPS) is 11.6. The minimum absolute atomic E-state index is 0.0547. The standard InChI is InChI=1S/C12H13Br2N3O3S/c1-2-15-6-8-5-11(12(14)20-8)21(18,19)17-10-3-4-16-7-9(10)13/h3-5,7,15H,2,6H2,1H3,(H,16,17). The van der Waals surface area contributed by atoms with Gasteiger partial charge in [-0.1, -0.05) is 6.92 Å². The van der Waals surface area contributed by atoms with Gasteiger partial charge in [-0.3, -0.25) is 9.71 Å². The highest BCUT2D eigenvalue weighted by Crippen LogP contribution is 2.29. The van der Waals surface area contributed by atoms with E-state index in [1.165, 1.54) is 18.5 Å². The van der Waals surface area contributed by atoms with E-state index >= 15 is 0 Å². The summed E-state index contributed by atoms with van der Waals surface area (Å²) in [6.45, 7) is 3.18. The number of halogens is 2. The van der Waals surface area contributed by atoms with Gasteiger partial charge in [0.25, 0.3) is 10.0 Å². The molecular formula is C12H13Br2N3O3S. The van der Waals surface area contributed by atoms with Crippen LogP contribution in [0, 0.1) is 0 Å². The monoisotopic (exact) mass is 437 g/mol. The molecule has 21 heavy (non-hydrogen) atoms. The fraction of sp³-hybridized carbons (Fsp3) is 0.250. The minimum atomic E-state index is -3.75. The topological polar surface area (TPSA) is 84.2 Å². The first-order valence-corrected chi connectivity index (χ1v) is 9.12. The number of hydrogen-bond acceptors (Lipinski definition) is 5. The summed E-state index contributed by atoms with van der Waals surface area (Å²) in [4.78, 5) is 3.94. The lowest BCUT2D eigenvalue weighted by atomic mass is 10.4. The van der Waals surface area contributed by atoms with Crippen molar-refractivity contribution in [2.24, 2.45) is 0 Å². The second-order valence-electron chi connectivity index (χ2n) is 4.09. The van der Waals surface area contributed by atoms with Crippen LogP contribution in [0.25, 0.3) is 0 Å². The summed E-state index contributed by atoms with van der Waals surface area (Å²) in [5.41, 5.74) is 0.409. The summed E-state index contributed by atoms with van der Waals surface area (Å²) in [5, 5.41) is 3.07. The molecule has 0 radical (unpaired) electrons. The molecular weight excluding hydrogens is 426 g/mol. The molecule has 0 unspecified atom stereocenters. The number of aromatic nitrogens is 1. The summed E-state index contributed by atoms with van der Waals surface area (Å²) >= 11 is 6.38. The molecule has 0 spiro atoms. The van der Waals surface area contributed by atoms with Crippen LogP contribution in [0.4, 0.5) is 5.69 Å². The van der Waals surface area contributed by atoms with Crippen molar-refractivity contribution in [3.63, 3.8) is 0 Å². The Bertz CT molecular complexity index is 731. The molecule has 2 rings (SSSR count). The number of hydrogen-bond donors (Lipinski definition) is 2. The second-order valence-corrected chi connectivity index (χ2v) is 7.32. The zero-order chi connectivity index (χ0) is 15.5. The Morgan fingerprint density at radius 2 is 2.14 bits per heavy atom. The third kappa shape index (κ3) is 4.06. The fourth-order valence-electron chi connectivity index (χ4n) is 1.57. The van der Waals surface area contributed by atoms with Crippen molar-refractivity contribution in [1.82, 2.24) is 10.3 Å². The number of rotatable bonds is 6. The second kappa shape index (κ2) is 6.91. The summed E-state index contributed by atoms with van der Waals surface area (Å²) in [7, 11) is -3.75. The molecule has 0 saturated heterocycles. The molecule has 6 nitrogen and oxygen atoms in total. The van der Waals surface area contributed by atoms with E-state index in [0.717, 1.165) is 6.54 Å². The van der Waals surface area contributed by atoms with E-state index in [0.29, 0.717) is 22.5 Å². The van der Waals surface area contributed by atoms with Gasteiger partial charge in [-0.2, -0.15) is 0 Å². The van der Waals surface area contributed by atoms with Crippen LogP contribution in [0.15, 0.2) is 43.0 Å². The van der Waals surface area contributed by atoms with Gasteiger partial charge in [0, 0.05) is 18.5 Å². The zero-order valence-electron chi connectivity index (χ0n) is 11.1. The fourth-order valence-corrected chi connectivity index (χ4v) is 4.13. The number of anilines is 1. The smallest absolute Gasteiger partial charge is 0.266 e. The first-order valence-electron chi connectivity index (χ1n) is 6.05. The highest BCUT2D eigenvalue weighted by atomic mass is 79.9. The predicted octanol–water partition coefficient (Wildman–Crippen LogP) is 3.11. The van der Waals surface area contributed by atoms with Crippen LogP contribution in [0.1, 0.15) is 12.7 Å². The van der Waals surface area contributed by atoms with E-state index in [1.807, 2.05) is 6.92 Å². The lowest BCUT2D eigenvalue weighted by Gasteiger charge is -2.07. The first kappa shape index (κ1) is 16.5. The van der Waals surface area contributed by atoms with Crippen LogP contribution in [0.2, 0.25) is 0 Å². The Morgan fingerprint density at radius 1 is 1.38 bits per heavy atom. The third-order valence-electron chi connectivity index (χ3n) is 2.56. The number of nitrogens with zero attached hydrogens (tertiary/aromatic N) is 1. The highest BCUT2D eigenvalue weighted by molar-refractivity contribution is 9.10. The van der Waals surface area contributed by atoms with Gasteiger partial charge in [0.05, 0.1) is 16.7 Å². The average molecular weight is 439 g/mol. The van der Waals surface area contributed by atoms with Crippen molar-refractivity contribution < 1.29 is 12.8 Å². The number of sulfonamides is 1. The molecule has 0 bridgehead atoms. The van der Waals surface area contributed by atoms with E-state index in [-0.39, 0.29) is 9.56 Å². The molecule has 0 aromatic carbocycles. The van der Waals surface area contributed by atoms with Crippen LogP contribution in [0.3, 0.4) is 0 Å². The van der Waals surface area contributed by atoms with Gasteiger partial charge in [0.15, 0.2) is 4.67 Å². The van der Waals surface area contributed by atoms with Gasteiger partial charge in [-0.25, -0.2) is 8.42 Å². The Morgan fingerprint density at radius 3 is 2.81 bits per heavy atom. The molecule has 0 atom stereocenters. The van der Waals surface area contributed by atoms with Crippen molar-refractivity contribution in [2.75, 3.05) is 11.3 Å². The van der Waals surface area contributed by atoms with Gasteiger partial charge in [-0.05, 0) is 44.5 Å². The van der Waals surface area contributed by atoms with E-state index in [9.17, 15) is 8.42 Å². The van der Waals surface area contributed by atoms with Gasteiger partial charge >= 0.3 is 0 Å². The lowest BCUT2D eigenvalue weighted by Crippen LogP contribution is -2.13. The Labute approximate surface area is 139 Å². The maximum absolute atomic E-state index is 12.4. The SMILES string of the molecule is CCNCc1cc(S(=O)(=O)Nc2ccncc2Br)c(Br)o1. The highest BCUT2D eigenvalue weighted by Gasteiger charge is 2.23. The summed E-state index contributed by atoms with van der Waals surface area (Å²) in [6, 6.07) is 3.05. The molecule has 0 aliphatic rings. The van der Waals surface area contributed by atoms with Crippen molar-refractivity contribution >= 4 is 47.6 Å². The van der Waals surface area contributed by atoms with Crippen molar-refractivity contribution in [2.45, 2.75) is 18.4 Å². The van der Waals surface area contributed by atoms with Gasteiger partial charge < -0.3 is 9.73 Å². The molecule has 2 aromatic rings. The largest absolute Gasteiger partial charge is 0.451 e. The first-order chi connectivity index (χ1) is 9.94. The molecule has 114 valence electrons. The van der Waals surface area contributed by atoms with Gasteiger partial charge in [0.2, 0.25) is 0 Å². The average Bonchev–Trinajstić information content (AvgIpc) is 2.81. The molecule has 2 aromatic heterocycles. The predicted molar refractivity (Wildman–Crippen MR) is 86.5 cm³/mol. The molecule has 2 N–H and O–H groups in total. The molecule has 0 amide bonds. The van der Waals surface area contributed by atoms with Crippen molar-refractivity contribution in [3.05, 3.63) is 39.4 Å². The number of nitrogens with one attached hydrogen (secondary N) is 2. The summed E-state index contributed by atoms with van der Waals surface area (Å²) < 4.78 is 33.4. The van der Waals surface area contributed by atoms with Gasteiger partial charge in [0.1, 0.15) is 10.7 Å². The molecule has 0 aliphatic heterocycles. The van der Waals surface area contributed by atoms with Crippen LogP contribution in [-0.4, -0.2) is 19.9 Å². The molecule has 0 saturated carbocycles. The quantitative estimate of drug-likeness (QED) is 0.723. The van der Waals surface area contributed by atoms with Crippen LogP contribution in [0.5, 0.6) is 0 Å². The summed E-state index contributed by atoms with van der Waals surface area (Å²) in [6.07, 6.45) is 3.02. The Kier molecular flexibility index (Phi) is 5.42. The summed E-state index contributed by atoms with van der Waals surface area (Å²) in [5.74, 6) is 0.540. The van der Waals surface area contributed by atoms with Crippen LogP contribution < -0.4 is 10.0 Å². The maximum Gasteiger partial charge on any atom is 0.266 e. The lowest BCUT2D eigenvalue weighted by molar-refractivity contribution is 0.464. The van der Waals surface area contributed by atoms with E-state index in [1.54, 1.807) is 6.07 Å². The number of pyridine rings is 1. The third-order valence-corrected chi connectivity index (χ3v) is 5.42. The zero-order valence-corrected chi connectivity index (χ0v) is 15.0. The molecule has 9 heteroatoms. The molecule has 2 heterocycles. The molecule has 0 fully saturated rings. The van der Waals surface area contributed by atoms with Crippen molar-refractivity contribution in [3.8, 4) is 0 Å². The Hall–Kier alpha value is -0.900. The van der Waals surface area contributed by atoms with E-state index in [2.05, 4.69) is 46.9 Å². The van der Waals surface area contributed by atoms with E-state index < -0.39 is 10.0 Å².